The van der Waals surface area contributed by atoms with E-state index in [9.17, 15) is 29.4 Å². The summed E-state index contributed by atoms with van der Waals surface area (Å²) in [6.07, 6.45) is -2.32. The molecule has 0 heterocycles. The average molecular weight is 547 g/mol. The highest BCUT2D eigenvalue weighted by Crippen LogP contribution is 2.10. The molecule has 0 saturated carbocycles. The molecule has 1 atom stereocenters. The van der Waals surface area contributed by atoms with Crippen LogP contribution >= 0.6 is 0 Å². The molecular formula is C28H36NO10+. The van der Waals surface area contributed by atoms with Gasteiger partial charge < -0.3 is 33.6 Å². The Bertz CT molecular complexity index is 1040. The first kappa shape index (κ1) is 31.4. The van der Waals surface area contributed by atoms with Crippen LogP contribution in [0, 0.1) is 0 Å². The fraction of sp³-hybridized carbons (Fsp3) is 0.429. The molecular weight excluding hydrogens is 510 g/mol. The number of carbonyl (C=O) groups is 4. The van der Waals surface area contributed by atoms with Gasteiger partial charge >= 0.3 is 23.9 Å². The van der Waals surface area contributed by atoms with Crippen molar-refractivity contribution in [3.63, 3.8) is 0 Å². The Morgan fingerprint density at radius 2 is 1.13 bits per heavy atom. The first-order chi connectivity index (χ1) is 18.7. The molecule has 2 aromatic carbocycles. The van der Waals surface area contributed by atoms with E-state index in [1.165, 1.54) is 0 Å². The minimum atomic E-state index is -1.02. The lowest BCUT2D eigenvalue weighted by Gasteiger charge is -2.36. The first-order valence-corrected chi connectivity index (χ1v) is 12.5. The summed E-state index contributed by atoms with van der Waals surface area (Å²) in [5.74, 6) is -3.34. The minimum Gasteiger partial charge on any atom is -0.461 e. The Morgan fingerprint density at radius 3 is 1.59 bits per heavy atom. The van der Waals surface area contributed by atoms with Crippen LogP contribution in [0.25, 0.3) is 0 Å². The van der Waals surface area contributed by atoms with Crippen molar-refractivity contribution in [3.05, 3.63) is 71.8 Å². The highest BCUT2D eigenvalue weighted by molar-refractivity contribution is 5.91. The molecule has 0 aliphatic heterocycles. The molecule has 2 aromatic rings. The second-order valence-corrected chi connectivity index (χ2v) is 9.14. The summed E-state index contributed by atoms with van der Waals surface area (Å²) in [7, 11) is 1.73. The number of likely N-dealkylation sites (N-methyl/N-ethyl adjacent to an activating group) is 1. The number of hydrogen-bond acceptors (Lipinski definition) is 10. The maximum absolute atomic E-state index is 12.5. The van der Waals surface area contributed by atoms with E-state index in [0.29, 0.717) is 0 Å². The Labute approximate surface area is 227 Å². The highest BCUT2D eigenvalue weighted by atomic mass is 16.6. The SMILES string of the molecule is C[N+](CCO)(CCO)CC(COC(=O)CC(=O)OCc1ccccc1)OC(=O)CC(=O)OCc1ccccc1. The predicted molar refractivity (Wildman–Crippen MR) is 138 cm³/mol. The Kier molecular flexibility index (Phi) is 13.6. The molecule has 1 unspecified atom stereocenters. The second-order valence-electron chi connectivity index (χ2n) is 9.14. The number of nitrogens with zero attached hydrogens (tertiary/aromatic N) is 1. The Morgan fingerprint density at radius 1 is 0.692 bits per heavy atom. The first-order valence-electron chi connectivity index (χ1n) is 12.5. The molecule has 212 valence electrons. The number of esters is 4. The van der Waals surface area contributed by atoms with E-state index in [4.69, 9.17) is 18.9 Å². The number of aliphatic hydroxyl groups is 2. The number of carbonyl (C=O) groups excluding carboxylic acids is 4. The standard InChI is InChI=1S/C28H36NO10/c1-29(12-14-30,13-15-31)18-24(39-28(35)17-27(34)37-20-23-10-6-3-7-11-23)21-38-26(33)16-25(32)36-19-22-8-4-2-5-9-22/h2-11,24,30-31H,12-21H2,1H3/q+1. The summed E-state index contributed by atoms with van der Waals surface area (Å²) in [6, 6.07) is 17.9. The summed E-state index contributed by atoms with van der Waals surface area (Å²) in [5, 5.41) is 18.9. The van der Waals surface area contributed by atoms with Gasteiger partial charge in [-0.15, -0.1) is 0 Å². The summed E-state index contributed by atoms with van der Waals surface area (Å²) in [5.41, 5.74) is 1.52. The molecule has 0 bridgehead atoms. The third kappa shape index (κ3) is 13.0. The second kappa shape index (κ2) is 16.9. The molecule has 0 fully saturated rings. The molecule has 2 N–H and O–H groups in total. The third-order valence-corrected chi connectivity index (χ3v) is 5.72. The normalized spacial score (nSPS) is 11.8. The zero-order valence-corrected chi connectivity index (χ0v) is 22.0. The van der Waals surface area contributed by atoms with Gasteiger partial charge in [-0.25, -0.2) is 0 Å². The maximum Gasteiger partial charge on any atom is 0.317 e. The lowest BCUT2D eigenvalue weighted by Crippen LogP contribution is -2.54. The molecule has 0 amide bonds. The highest BCUT2D eigenvalue weighted by Gasteiger charge is 2.30. The molecule has 11 nitrogen and oxygen atoms in total. The number of quaternary nitrogens is 1. The van der Waals surface area contributed by atoms with Crippen LogP contribution in [0.2, 0.25) is 0 Å². The largest absolute Gasteiger partial charge is 0.461 e. The van der Waals surface area contributed by atoms with Crippen molar-refractivity contribution in [3.8, 4) is 0 Å². The fourth-order valence-corrected chi connectivity index (χ4v) is 3.67. The number of ether oxygens (including phenoxy) is 4. The van der Waals surface area contributed by atoms with Crippen LogP contribution in [0.3, 0.4) is 0 Å². The third-order valence-electron chi connectivity index (χ3n) is 5.72. The molecule has 2 rings (SSSR count). The van der Waals surface area contributed by atoms with Crippen LogP contribution in [-0.4, -0.2) is 91.2 Å². The Balaban J connectivity index is 1.90. The molecule has 0 spiro atoms. The topological polar surface area (TPSA) is 146 Å². The average Bonchev–Trinajstić information content (AvgIpc) is 2.91. The number of benzene rings is 2. The molecule has 0 saturated heterocycles. The zero-order valence-electron chi connectivity index (χ0n) is 22.0. The lowest BCUT2D eigenvalue weighted by molar-refractivity contribution is -0.912. The molecule has 11 heteroatoms. The fourth-order valence-electron chi connectivity index (χ4n) is 3.67. The number of rotatable bonds is 17. The quantitative estimate of drug-likeness (QED) is 0.128. The molecule has 0 radical (unpaired) electrons. The summed E-state index contributed by atoms with van der Waals surface area (Å²) in [6.45, 7) is -0.271. The van der Waals surface area contributed by atoms with Crippen LogP contribution in [0.1, 0.15) is 24.0 Å². The van der Waals surface area contributed by atoms with Crippen molar-refractivity contribution >= 4 is 23.9 Å². The van der Waals surface area contributed by atoms with Crippen LogP contribution < -0.4 is 0 Å². The summed E-state index contributed by atoms with van der Waals surface area (Å²) < 4.78 is 20.9. The monoisotopic (exact) mass is 546 g/mol. The van der Waals surface area contributed by atoms with Crippen molar-refractivity contribution in [2.24, 2.45) is 0 Å². The van der Waals surface area contributed by atoms with Crippen LogP contribution in [0.5, 0.6) is 0 Å². The summed E-state index contributed by atoms with van der Waals surface area (Å²) in [4.78, 5) is 48.9. The van der Waals surface area contributed by atoms with Crippen molar-refractivity contribution in [1.29, 1.82) is 0 Å². The van der Waals surface area contributed by atoms with E-state index in [2.05, 4.69) is 0 Å². The van der Waals surface area contributed by atoms with Gasteiger partial charge in [0.15, 0.2) is 6.10 Å². The smallest absolute Gasteiger partial charge is 0.317 e. The molecule has 0 aromatic heterocycles. The van der Waals surface area contributed by atoms with Gasteiger partial charge in [-0.1, -0.05) is 60.7 Å². The van der Waals surface area contributed by atoms with Gasteiger partial charge in [-0.05, 0) is 11.1 Å². The van der Waals surface area contributed by atoms with Crippen molar-refractivity contribution in [1.82, 2.24) is 0 Å². The maximum atomic E-state index is 12.5. The van der Waals surface area contributed by atoms with E-state index in [1.807, 2.05) is 12.1 Å². The van der Waals surface area contributed by atoms with E-state index in [1.54, 1.807) is 55.6 Å². The van der Waals surface area contributed by atoms with Crippen molar-refractivity contribution in [2.45, 2.75) is 32.2 Å². The van der Waals surface area contributed by atoms with Crippen LogP contribution in [0.4, 0.5) is 0 Å². The summed E-state index contributed by atoms with van der Waals surface area (Å²) >= 11 is 0. The van der Waals surface area contributed by atoms with Crippen molar-refractivity contribution in [2.75, 3.05) is 46.5 Å². The zero-order chi connectivity index (χ0) is 28.5. The van der Waals surface area contributed by atoms with Gasteiger partial charge in [0.05, 0.1) is 20.3 Å². The van der Waals surface area contributed by atoms with E-state index >= 15 is 0 Å². The van der Waals surface area contributed by atoms with E-state index < -0.39 is 49.4 Å². The van der Waals surface area contributed by atoms with Gasteiger partial charge in [0.2, 0.25) is 0 Å². The van der Waals surface area contributed by atoms with Crippen LogP contribution in [0.15, 0.2) is 60.7 Å². The van der Waals surface area contributed by atoms with Crippen LogP contribution in [-0.2, 0) is 51.3 Å². The predicted octanol–water partition coefficient (Wildman–Crippen LogP) is 1.14. The van der Waals surface area contributed by atoms with Gasteiger partial charge in [0.1, 0.15) is 52.3 Å². The van der Waals surface area contributed by atoms with Gasteiger partial charge in [-0.2, -0.15) is 0 Å². The van der Waals surface area contributed by atoms with E-state index in [0.717, 1.165) is 11.1 Å². The molecule has 0 aliphatic carbocycles. The van der Waals surface area contributed by atoms with Crippen molar-refractivity contribution < 1.29 is 52.8 Å². The van der Waals surface area contributed by atoms with Gasteiger partial charge in [0, 0.05) is 0 Å². The molecule has 39 heavy (non-hydrogen) atoms. The van der Waals surface area contributed by atoms with Gasteiger partial charge in [-0.3, -0.25) is 19.2 Å². The Hall–Kier alpha value is -3.80. The van der Waals surface area contributed by atoms with Gasteiger partial charge in [0.25, 0.3) is 0 Å². The number of hydrogen-bond donors (Lipinski definition) is 2. The minimum absolute atomic E-state index is 0.00364. The molecule has 0 aliphatic rings. The lowest BCUT2D eigenvalue weighted by atomic mass is 10.2. The number of aliphatic hydroxyl groups excluding tert-OH is 2. The van der Waals surface area contributed by atoms with E-state index in [-0.39, 0.29) is 50.5 Å².